The second kappa shape index (κ2) is 20.9. The SMILES string of the molecule is C=CC(C)(C(/C=C\C)=C(\C)N(C1=CC=CCC=C1)c1ccc(-n2cc(C)c3ccccc32)c2ccccc12)C(c1ccccc1C)N(c1ccccc1)c1ccc(N(/C=C/C)c2ccccc2C)c(C)c1. The molecule has 1 aromatic heterocycles. The summed E-state index contributed by atoms with van der Waals surface area (Å²) >= 11 is 0. The van der Waals surface area contributed by atoms with Crippen molar-refractivity contribution in [3.05, 3.63) is 276 Å². The van der Waals surface area contributed by atoms with Crippen LogP contribution in [0.5, 0.6) is 0 Å². The Hall–Kier alpha value is -8.08. The van der Waals surface area contributed by atoms with Crippen LogP contribution in [0.4, 0.5) is 28.4 Å². The predicted molar refractivity (Wildman–Crippen MR) is 307 cm³/mol. The first kappa shape index (κ1) is 48.0. The van der Waals surface area contributed by atoms with Gasteiger partial charge in [-0.25, -0.2) is 0 Å². The molecule has 9 rings (SSSR count). The van der Waals surface area contributed by atoms with Crippen LogP contribution in [-0.2, 0) is 0 Å². The Morgan fingerprint density at radius 1 is 0.634 bits per heavy atom. The molecule has 7 aromatic carbocycles. The van der Waals surface area contributed by atoms with Crippen molar-refractivity contribution in [2.45, 2.75) is 67.9 Å². The number of allylic oxidation sites excluding steroid dienone is 9. The summed E-state index contributed by atoms with van der Waals surface area (Å²) in [6.07, 6.45) is 25.3. The topological polar surface area (TPSA) is 14.7 Å². The van der Waals surface area contributed by atoms with Gasteiger partial charge in [-0.15, -0.1) is 6.58 Å². The van der Waals surface area contributed by atoms with Crippen LogP contribution in [0.25, 0.3) is 27.4 Å². The Balaban J connectivity index is 1.30. The van der Waals surface area contributed by atoms with E-state index in [0.717, 1.165) is 62.9 Å². The smallest absolute Gasteiger partial charge is 0.0723 e. The van der Waals surface area contributed by atoms with Crippen molar-refractivity contribution < 1.29 is 0 Å². The highest BCUT2D eigenvalue weighted by molar-refractivity contribution is 6.02. The molecule has 2 unspecified atom stereocenters. The molecule has 0 amide bonds. The Kier molecular flexibility index (Phi) is 14.1. The van der Waals surface area contributed by atoms with Crippen LogP contribution in [0, 0.1) is 33.1 Å². The Labute approximate surface area is 422 Å². The van der Waals surface area contributed by atoms with Crippen LogP contribution in [0.2, 0.25) is 0 Å². The second-order valence-corrected chi connectivity index (χ2v) is 18.9. The summed E-state index contributed by atoms with van der Waals surface area (Å²) in [5.41, 5.74) is 16.6. The summed E-state index contributed by atoms with van der Waals surface area (Å²) in [6, 6.07) is 57.3. The van der Waals surface area contributed by atoms with E-state index < -0.39 is 5.41 Å². The number of para-hydroxylation sites is 3. The molecule has 0 saturated carbocycles. The molecule has 0 aliphatic heterocycles. The fraction of sp³-hybridized carbons (Fsp3) is 0.164. The lowest BCUT2D eigenvalue weighted by Crippen LogP contribution is -2.39. The van der Waals surface area contributed by atoms with Gasteiger partial charge in [-0.3, -0.25) is 0 Å². The van der Waals surface area contributed by atoms with Crippen molar-refractivity contribution in [1.82, 2.24) is 4.57 Å². The molecule has 1 aliphatic rings. The minimum atomic E-state index is -0.705. The lowest BCUT2D eigenvalue weighted by Gasteiger charge is -2.47. The van der Waals surface area contributed by atoms with Crippen molar-refractivity contribution >= 4 is 50.1 Å². The summed E-state index contributed by atoms with van der Waals surface area (Å²) in [4.78, 5) is 7.34. The van der Waals surface area contributed by atoms with Gasteiger partial charge in [-0.05, 0) is 162 Å². The van der Waals surface area contributed by atoms with Crippen LogP contribution < -0.4 is 14.7 Å². The molecule has 0 spiro atoms. The van der Waals surface area contributed by atoms with Gasteiger partial charge in [0, 0.05) is 68.1 Å². The van der Waals surface area contributed by atoms with E-state index in [1.54, 1.807) is 0 Å². The van der Waals surface area contributed by atoms with E-state index in [9.17, 15) is 0 Å². The Bertz CT molecular complexity index is 3430. The first-order chi connectivity index (χ1) is 34.6. The van der Waals surface area contributed by atoms with E-state index in [2.05, 4.69) is 299 Å². The van der Waals surface area contributed by atoms with Crippen molar-refractivity contribution in [2.75, 3.05) is 14.7 Å². The number of aryl methyl sites for hydroxylation is 4. The molecule has 4 heteroatoms. The molecule has 0 saturated heterocycles. The average Bonchev–Trinajstić information content (AvgIpc) is 3.51. The molecule has 71 heavy (non-hydrogen) atoms. The fourth-order valence-electron chi connectivity index (χ4n) is 10.8. The summed E-state index contributed by atoms with van der Waals surface area (Å²) in [6.45, 7) is 22.5. The van der Waals surface area contributed by atoms with Gasteiger partial charge in [0.25, 0.3) is 0 Å². The number of benzene rings is 7. The maximum Gasteiger partial charge on any atom is 0.0723 e. The lowest BCUT2D eigenvalue weighted by molar-refractivity contribution is 0.406. The van der Waals surface area contributed by atoms with Crippen LogP contribution in [0.3, 0.4) is 0 Å². The number of aromatic nitrogens is 1. The van der Waals surface area contributed by atoms with E-state index in [0.29, 0.717) is 0 Å². The van der Waals surface area contributed by atoms with E-state index in [1.807, 2.05) is 0 Å². The molecule has 354 valence electrons. The van der Waals surface area contributed by atoms with Crippen LogP contribution in [-0.4, -0.2) is 4.57 Å². The molecule has 0 radical (unpaired) electrons. The van der Waals surface area contributed by atoms with Crippen molar-refractivity contribution in [2.24, 2.45) is 5.41 Å². The zero-order chi connectivity index (χ0) is 49.6. The van der Waals surface area contributed by atoms with Gasteiger partial charge in [0.1, 0.15) is 0 Å². The third-order valence-corrected chi connectivity index (χ3v) is 14.3. The Morgan fingerprint density at radius 2 is 1.30 bits per heavy atom. The van der Waals surface area contributed by atoms with E-state index >= 15 is 0 Å². The first-order valence-corrected chi connectivity index (χ1v) is 25.0. The summed E-state index contributed by atoms with van der Waals surface area (Å²) in [5.74, 6) is 0. The minimum Gasteiger partial charge on any atom is -0.333 e. The average molecular weight is 927 g/mol. The highest BCUT2D eigenvalue weighted by atomic mass is 15.2. The van der Waals surface area contributed by atoms with Gasteiger partial charge in [0.2, 0.25) is 0 Å². The molecule has 0 bridgehead atoms. The highest BCUT2D eigenvalue weighted by Crippen LogP contribution is 2.53. The number of fused-ring (bicyclic) bond motifs is 2. The van der Waals surface area contributed by atoms with Crippen molar-refractivity contribution in [3.63, 3.8) is 0 Å². The maximum absolute atomic E-state index is 4.79. The van der Waals surface area contributed by atoms with Crippen LogP contribution in [0.15, 0.2) is 248 Å². The van der Waals surface area contributed by atoms with Gasteiger partial charge in [-0.1, -0.05) is 146 Å². The maximum atomic E-state index is 4.79. The van der Waals surface area contributed by atoms with Gasteiger partial charge in [-0.2, -0.15) is 0 Å². The van der Waals surface area contributed by atoms with Gasteiger partial charge in [0.05, 0.1) is 22.9 Å². The number of nitrogens with zero attached hydrogens (tertiary/aromatic N) is 4. The molecule has 0 fully saturated rings. The number of hydrogen-bond donors (Lipinski definition) is 0. The zero-order valence-electron chi connectivity index (χ0n) is 42.6. The highest BCUT2D eigenvalue weighted by Gasteiger charge is 2.43. The monoisotopic (exact) mass is 927 g/mol. The van der Waals surface area contributed by atoms with Gasteiger partial charge >= 0.3 is 0 Å². The molecule has 1 aliphatic carbocycles. The zero-order valence-corrected chi connectivity index (χ0v) is 42.6. The van der Waals surface area contributed by atoms with E-state index in [-0.39, 0.29) is 6.04 Å². The van der Waals surface area contributed by atoms with Crippen LogP contribution >= 0.6 is 0 Å². The summed E-state index contributed by atoms with van der Waals surface area (Å²) in [5, 5.41) is 3.61. The summed E-state index contributed by atoms with van der Waals surface area (Å²) in [7, 11) is 0. The van der Waals surface area contributed by atoms with E-state index in [1.165, 1.54) is 44.1 Å². The molecule has 0 N–H and O–H groups in total. The third-order valence-electron chi connectivity index (χ3n) is 14.3. The minimum absolute atomic E-state index is 0.261. The number of hydrogen-bond acceptors (Lipinski definition) is 3. The quantitative estimate of drug-likeness (QED) is 0.0752. The fourth-order valence-corrected chi connectivity index (χ4v) is 10.8. The second-order valence-electron chi connectivity index (χ2n) is 18.9. The normalized spacial score (nSPS) is 14.3. The summed E-state index contributed by atoms with van der Waals surface area (Å²) < 4.78 is 2.36. The van der Waals surface area contributed by atoms with Gasteiger partial charge < -0.3 is 19.3 Å². The molecule has 2 atom stereocenters. The molecule has 8 aromatic rings. The number of anilines is 5. The largest absolute Gasteiger partial charge is 0.333 e. The first-order valence-electron chi connectivity index (χ1n) is 25.0. The van der Waals surface area contributed by atoms with Crippen molar-refractivity contribution in [3.8, 4) is 5.69 Å². The Morgan fingerprint density at radius 3 is 2.01 bits per heavy atom. The van der Waals surface area contributed by atoms with Crippen molar-refractivity contribution in [1.29, 1.82) is 0 Å². The lowest BCUT2D eigenvalue weighted by atomic mass is 9.70. The molecular weight excluding hydrogens is 861 g/mol. The molecular formula is C67H66N4. The standard InChI is InChI=1S/C67H66N4/c1-10-28-60(52(8)70(53-31-16-13-14-17-32-53)65-44-43-64(58-37-23-24-38-59(58)65)69-47-51(7)56-35-25-27-40-63(56)69)67(9,12-3)66(57-36-22-20-29-48(57)4)71(54-33-18-15-19-34-54)55-41-42-62(50(6)46-55)68(45-11-2)61-39-26-21-30-49(61)5/h10-13,15-47,66H,3,14H2,1-2,4-9H3/b28-10-,45-11+,60-52+. The number of rotatable bonds is 15. The molecule has 1 heterocycles. The predicted octanol–water partition coefficient (Wildman–Crippen LogP) is 18.5. The van der Waals surface area contributed by atoms with E-state index in [4.69, 9.17) is 6.58 Å². The third kappa shape index (κ3) is 9.14. The van der Waals surface area contributed by atoms with Crippen LogP contribution in [0.1, 0.15) is 68.0 Å². The van der Waals surface area contributed by atoms with Gasteiger partial charge in [0.15, 0.2) is 0 Å². The molecule has 4 nitrogen and oxygen atoms in total.